The second-order valence-corrected chi connectivity index (χ2v) is 12.7. The van der Waals surface area contributed by atoms with E-state index in [2.05, 4.69) is 24.3 Å². The van der Waals surface area contributed by atoms with Crippen LogP contribution in [0.25, 0.3) is 22.6 Å². The van der Waals surface area contributed by atoms with Crippen molar-refractivity contribution < 1.29 is 13.2 Å². The number of sulfone groups is 1. The first kappa shape index (κ1) is 24.3. The van der Waals surface area contributed by atoms with Gasteiger partial charge in [-0.2, -0.15) is 0 Å². The van der Waals surface area contributed by atoms with Crippen LogP contribution in [-0.4, -0.2) is 89.3 Å². The van der Waals surface area contributed by atoms with Crippen molar-refractivity contribution >= 4 is 38.7 Å². The maximum Gasteiger partial charge on any atom is 0.220 e. The number of aryl methyl sites for hydroxylation is 1. The lowest BCUT2D eigenvalue weighted by molar-refractivity contribution is 0.122. The maximum absolute atomic E-state index is 11.9. The van der Waals surface area contributed by atoms with Crippen molar-refractivity contribution in [2.75, 3.05) is 66.9 Å². The minimum absolute atomic E-state index is 0.0964. The van der Waals surface area contributed by atoms with Crippen molar-refractivity contribution in [1.82, 2.24) is 29.5 Å². The average Bonchev–Trinajstić information content (AvgIpc) is 3.44. The van der Waals surface area contributed by atoms with E-state index >= 15 is 0 Å². The number of morpholine rings is 1. The lowest BCUT2D eigenvalue weighted by Gasteiger charge is -2.28. The number of aromatic nitrogens is 6. The van der Waals surface area contributed by atoms with Gasteiger partial charge in [0, 0.05) is 45.2 Å². The minimum atomic E-state index is -3.04. The molecule has 1 atom stereocenters. The minimum Gasteiger partial charge on any atom is -0.378 e. The van der Waals surface area contributed by atoms with Crippen LogP contribution in [0.5, 0.6) is 0 Å². The van der Waals surface area contributed by atoms with Crippen LogP contribution in [0.1, 0.15) is 25.0 Å². The zero-order valence-electron chi connectivity index (χ0n) is 21.3. The third kappa shape index (κ3) is 5.06. The van der Waals surface area contributed by atoms with Gasteiger partial charge in [-0.15, -0.1) is 0 Å². The van der Waals surface area contributed by atoms with Crippen molar-refractivity contribution in [2.45, 2.75) is 32.7 Å². The van der Waals surface area contributed by atoms with Crippen LogP contribution in [0.4, 0.5) is 17.7 Å². The van der Waals surface area contributed by atoms with Crippen molar-refractivity contribution in [1.29, 1.82) is 0 Å². The van der Waals surface area contributed by atoms with Gasteiger partial charge >= 0.3 is 0 Å². The van der Waals surface area contributed by atoms with Crippen LogP contribution in [0, 0.1) is 18.8 Å². The fraction of sp³-hybridized carbons (Fsp3) is 0.625. The number of fused-ring (bicyclic) bond motifs is 1. The van der Waals surface area contributed by atoms with Crippen molar-refractivity contribution in [3.63, 3.8) is 0 Å². The number of ether oxygens (including phenoxy) is 1. The Kier molecular flexibility index (Phi) is 6.14. The number of anilines is 3. The molecule has 6 rings (SSSR count). The predicted molar refractivity (Wildman–Crippen MR) is 141 cm³/mol. The molecule has 1 saturated carbocycles. The average molecular weight is 528 g/mol. The zero-order valence-corrected chi connectivity index (χ0v) is 22.1. The monoisotopic (exact) mass is 527 g/mol. The molecule has 37 heavy (non-hydrogen) atoms. The van der Waals surface area contributed by atoms with E-state index in [0.29, 0.717) is 44.6 Å². The summed E-state index contributed by atoms with van der Waals surface area (Å²) in [4.78, 5) is 28.1. The molecule has 2 N–H and O–H groups in total. The van der Waals surface area contributed by atoms with E-state index in [0.717, 1.165) is 53.7 Å². The highest BCUT2D eigenvalue weighted by atomic mass is 32.2. The van der Waals surface area contributed by atoms with Gasteiger partial charge in [0.05, 0.1) is 30.2 Å². The Morgan fingerprint density at radius 1 is 1.03 bits per heavy atom. The lowest BCUT2D eigenvalue weighted by atomic mass is 10.2. The van der Waals surface area contributed by atoms with E-state index < -0.39 is 9.84 Å². The van der Waals surface area contributed by atoms with Crippen molar-refractivity contribution in [2.24, 2.45) is 11.8 Å². The quantitative estimate of drug-likeness (QED) is 0.474. The third-order valence-corrected chi connectivity index (χ3v) is 8.43. The first-order valence-corrected chi connectivity index (χ1v) is 14.9. The fourth-order valence-electron chi connectivity index (χ4n) is 5.34. The Morgan fingerprint density at radius 2 is 1.81 bits per heavy atom. The summed E-state index contributed by atoms with van der Waals surface area (Å²) in [5.41, 5.74) is 8.82. The molecule has 3 fully saturated rings. The second kappa shape index (κ2) is 9.35. The highest BCUT2D eigenvalue weighted by Gasteiger charge is 2.33. The summed E-state index contributed by atoms with van der Waals surface area (Å²) in [6.07, 6.45) is 6.20. The molecule has 0 radical (unpaired) electrons. The predicted octanol–water partition coefficient (Wildman–Crippen LogP) is 1.29. The van der Waals surface area contributed by atoms with E-state index in [1.807, 2.05) is 6.92 Å². The molecular formula is C24H33N9O3S. The fourth-order valence-corrected chi connectivity index (χ4v) is 6.47. The summed E-state index contributed by atoms with van der Waals surface area (Å²) in [5, 5.41) is 0. The molecule has 0 bridgehead atoms. The standard InChI is InChI=1S/C24H33N9O3S/c1-15-18(11-26-23(25)27-15)20-29-21(31-7-9-36-10-8-31)19-22(30-20)33(13-16-3-4-16)24(28-19)32-6-5-17(12-32)14-37(2,34)35/h11,16-17H,3-10,12-14H2,1-2H3,(H2,25,26,27)/t17-/m1/s1. The van der Waals surface area contributed by atoms with Gasteiger partial charge in [-0.1, -0.05) is 0 Å². The van der Waals surface area contributed by atoms with Crippen molar-refractivity contribution in [3.8, 4) is 11.4 Å². The molecule has 0 aromatic carbocycles. The molecule has 1 aliphatic carbocycles. The lowest BCUT2D eigenvalue weighted by Crippen LogP contribution is -2.37. The van der Waals surface area contributed by atoms with Crippen LogP contribution in [0.15, 0.2) is 6.20 Å². The molecule has 198 valence electrons. The Hall–Kier alpha value is -3.06. The SMILES string of the molecule is Cc1nc(N)ncc1-c1nc(N2CCOCC2)c2nc(N3CC[C@@H](CS(C)(=O)=O)C3)n(CC3CC3)c2n1. The van der Waals surface area contributed by atoms with Gasteiger partial charge in [-0.3, -0.25) is 4.57 Å². The van der Waals surface area contributed by atoms with E-state index in [1.54, 1.807) is 6.20 Å². The number of nitrogen functional groups attached to an aromatic ring is 1. The van der Waals surface area contributed by atoms with E-state index in [4.69, 9.17) is 25.4 Å². The first-order valence-electron chi connectivity index (χ1n) is 12.9. The number of imidazole rings is 1. The molecule has 0 unspecified atom stereocenters. The van der Waals surface area contributed by atoms with Crippen LogP contribution in [0.2, 0.25) is 0 Å². The smallest absolute Gasteiger partial charge is 0.220 e. The molecular weight excluding hydrogens is 494 g/mol. The van der Waals surface area contributed by atoms with Gasteiger partial charge in [0.15, 0.2) is 22.8 Å². The summed E-state index contributed by atoms with van der Waals surface area (Å²) in [6, 6.07) is 0. The number of rotatable bonds is 7. The Bertz CT molecular complexity index is 1430. The van der Waals surface area contributed by atoms with Crippen molar-refractivity contribution in [3.05, 3.63) is 11.9 Å². The van der Waals surface area contributed by atoms with Crippen LogP contribution >= 0.6 is 0 Å². The molecule has 13 heteroatoms. The van der Waals surface area contributed by atoms with Gasteiger partial charge < -0.3 is 20.3 Å². The molecule has 3 aromatic rings. The zero-order chi connectivity index (χ0) is 25.7. The largest absolute Gasteiger partial charge is 0.378 e. The summed E-state index contributed by atoms with van der Waals surface area (Å²) >= 11 is 0. The maximum atomic E-state index is 11.9. The highest BCUT2D eigenvalue weighted by molar-refractivity contribution is 7.90. The van der Waals surface area contributed by atoms with Crippen LogP contribution < -0.4 is 15.5 Å². The van der Waals surface area contributed by atoms with Gasteiger partial charge in [0.2, 0.25) is 11.9 Å². The Balaban J connectivity index is 1.49. The molecule has 0 amide bonds. The van der Waals surface area contributed by atoms with Gasteiger partial charge in [0.1, 0.15) is 9.84 Å². The molecule has 0 spiro atoms. The topological polar surface area (TPSA) is 145 Å². The number of nitrogens with two attached hydrogens (primary N) is 1. The van der Waals surface area contributed by atoms with Crippen LogP contribution in [-0.2, 0) is 21.1 Å². The molecule has 5 heterocycles. The molecule has 2 aliphatic heterocycles. The second-order valence-electron chi connectivity index (χ2n) is 10.5. The molecule has 3 aromatic heterocycles. The van der Waals surface area contributed by atoms with E-state index in [-0.39, 0.29) is 17.6 Å². The summed E-state index contributed by atoms with van der Waals surface area (Å²) in [7, 11) is -3.04. The summed E-state index contributed by atoms with van der Waals surface area (Å²) in [5.74, 6) is 3.29. The molecule has 2 saturated heterocycles. The van der Waals surface area contributed by atoms with E-state index in [9.17, 15) is 8.42 Å². The molecule has 3 aliphatic rings. The Labute approximate surface area is 216 Å². The highest BCUT2D eigenvalue weighted by Crippen LogP contribution is 2.38. The first-order chi connectivity index (χ1) is 17.7. The number of hydrogen-bond acceptors (Lipinski definition) is 11. The van der Waals surface area contributed by atoms with Gasteiger partial charge in [0.25, 0.3) is 0 Å². The number of nitrogens with zero attached hydrogens (tertiary/aromatic N) is 8. The molecule has 12 nitrogen and oxygen atoms in total. The van der Waals surface area contributed by atoms with Gasteiger partial charge in [-0.05, 0) is 38.0 Å². The summed E-state index contributed by atoms with van der Waals surface area (Å²) in [6.45, 7) is 6.83. The van der Waals surface area contributed by atoms with Crippen LogP contribution in [0.3, 0.4) is 0 Å². The number of hydrogen-bond donors (Lipinski definition) is 1. The normalized spacial score (nSPS) is 20.8. The third-order valence-electron chi connectivity index (χ3n) is 7.35. The Morgan fingerprint density at radius 3 is 2.51 bits per heavy atom. The summed E-state index contributed by atoms with van der Waals surface area (Å²) < 4.78 is 31.7. The van der Waals surface area contributed by atoms with Gasteiger partial charge in [-0.25, -0.2) is 33.3 Å². The van der Waals surface area contributed by atoms with E-state index in [1.165, 1.54) is 19.1 Å².